The number of benzene rings is 2. The Kier molecular flexibility index (Phi) is 3.24. The number of para-hydroxylation sites is 1. The van der Waals surface area contributed by atoms with Gasteiger partial charge in [0.25, 0.3) is 5.91 Å². The first-order valence-corrected chi connectivity index (χ1v) is 6.77. The number of nitrogens with one attached hydrogen (secondary N) is 1. The second-order valence-corrected chi connectivity index (χ2v) is 5.18. The van der Waals surface area contributed by atoms with E-state index in [1.165, 1.54) is 0 Å². The maximum absolute atomic E-state index is 11.9. The molecule has 0 radical (unpaired) electrons. The molecule has 0 atom stereocenters. The third-order valence-corrected chi connectivity index (χ3v) is 3.81. The van der Waals surface area contributed by atoms with Crippen LogP contribution in [0.3, 0.4) is 0 Å². The number of pyridine rings is 1. The van der Waals surface area contributed by atoms with Gasteiger partial charge in [0.15, 0.2) is 0 Å². The van der Waals surface area contributed by atoms with Gasteiger partial charge in [-0.15, -0.1) is 0 Å². The predicted octanol–water partition coefficient (Wildman–Crippen LogP) is 4.05. The van der Waals surface area contributed by atoms with Crippen LogP contribution in [0.1, 0.15) is 10.4 Å². The number of carbonyl (C=O) groups excluding carboxylic acids is 1. The molecule has 1 amide bonds. The Labute approximate surface area is 125 Å². The van der Waals surface area contributed by atoms with Crippen LogP contribution in [-0.4, -0.2) is 17.9 Å². The minimum Gasteiger partial charge on any atom is -0.355 e. The van der Waals surface area contributed by atoms with Crippen LogP contribution in [0.5, 0.6) is 0 Å². The molecule has 0 aliphatic heterocycles. The topological polar surface area (TPSA) is 42.0 Å². The molecule has 1 aromatic heterocycles. The van der Waals surface area contributed by atoms with Crippen molar-refractivity contribution in [3.8, 4) is 0 Å². The SMILES string of the molecule is CNC(=O)c1cccc2c(Cl)c3ccc(Cl)cc3nc12. The molecule has 20 heavy (non-hydrogen) atoms. The summed E-state index contributed by atoms with van der Waals surface area (Å²) in [6.07, 6.45) is 0. The molecular weight excluding hydrogens is 295 g/mol. The van der Waals surface area contributed by atoms with Crippen LogP contribution in [-0.2, 0) is 0 Å². The molecule has 0 aliphatic rings. The lowest BCUT2D eigenvalue weighted by Crippen LogP contribution is -2.18. The van der Waals surface area contributed by atoms with Crippen LogP contribution in [0, 0.1) is 0 Å². The third kappa shape index (κ3) is 1.99. The lowest BCUT2D eigenvalue weighted by molar-refractivity contribution is 0.0964. The minimum absolute atomic E-state index is 0.194. The molecule has 3 nitrogen and oxygen atoms in total. The van der Waals surface area contributed by atoms with E-state index in [0.29, 0.717) is 26.6 Å². The number of amides is 1. The van der Waals surface area contributed by atoms with Crippen LogP contribution in [0.4, 0.5) is 0 Å². The second-order valence-electron chi connectivity index (χ2n) is 4.37. The van der Waals surface area contributed by atoms with Crippen LogP contribution in [0.2, 0.25) is 10.0 Å². The van der Waals surface area contributed by atoms with Gasteiger partial charge in [-0.25, -0.2) is 4.98 Å². The molecular formula is C15H10Cl2N2O. The standard InChI is InChI=1S/C15H10Cl2N2O/c1-18-15(20)11-4-2-3-10-13(17)9-6-5-8(16)7-12(9)19-14(10)11/h2-7H,1H3,(H,18,20). The third-order valence-electron chi connectivity index (χ3n) is 3.17. The summed E-state index contributed by atoms with van der Waals surface area (Å²) in [4.78, 5) is 16.5. The number of nitrogens with zero attached hydrogens (tertiary/aromatic N) is 1. The van der Waals surface area contributed by atoms with Gasteiger partial charge in [-0.2, -0.15) is 0 Å². The van der Waals surface area contributed by atoms with Crippen LogP contribution in [0.15, 0.2) is 36.4 Å². The van der Waals surface area contributed by atoms with Gasteiger partial charge in [-0.1, -0.05) is 35.3 Å². The first kappa shape index (κ1) is 13.2. The first-order valence-electron chi connectivity index (χ1n) is 6.01. The van der Waals surface area contributed by atoms with Crippen LogP contribution in [0.25, 0.3) is 21.8 Å². The highest BCUT2D eigenvalue weighted by atomic mass is 35.5. The quantitative estimate of drug-likeness (QED) is 0.689. The second kappa shape index (κ2) is 4.93. The van der Waals surface area contributed by atoms with Gasteiger partial charge in [0, 0.05) is 22.8 Å². The molecule has 0 unspecified atom stereocenters. The Morgan fingerprint density at radius 1 is 1.15 bits per heavy atom. The number of fused-ring (bicyclic) bond motifs is 2. The molecule has 100 valence electrons. The van der Waals surface area contributed by atoms with Crippen molar-refractivity contribution in [3.05, 3.63) is 52.0 Å². The zero-order valence-electron chi connectivity index (χ0n) is 10.6. The number of rotatable bonds is 1. The van der Waals surface area contributed by atoms with Gasteiger partial charge in [-0.05, 0) is 24.3 Å². The van der Waals surface area contributed by atoms with E-state index in [1.807, 2.05) is 12.1 Å². The van der Waals surface area contributed by atoms with Crippen molar-refractivity contribution in [1.82, 2.24) is 10.3 Å². The fourth-order valence-corrected chi connectivity index (χ4v) is 2.69. The zero-order chi connectivity index (χ0) is 14.3. The Hall–Kier alpha value is -1.84. The fourth-order valence-electron chi connectivity index (χ4n) is 2.21. The molecule has 0 saturated heterocycles. The van der Waals surface area contributed by atoms with Crippen LogP contribution < -0.4 is 5.32 Å². The lowest BCUT2D eigenvalue weighted by Gasteiger charge is -2.09. The van der Waals surface area contributed by atoms with Gasteiger partial charge in [0.1, 0.15) is 0 Å². The number of hydrogen-bond acceptors (Lipinski definition) is 2. The molecule has 3 aromatic rings. The maximum atomic E-state index is 11.9. The molecule has 0 bridgehead atoms. The maximum Gasteiger partial charge on any atom is 0.253 e. The van der Waals surface area contributed by atoms with E-state index in [4.69, 9.17) is 23.2 Å². The van der Waals surface area contributed by atoms with E-state index in [-0.39, 0.29) is 5.91 Å². The number of halogens is 2. The number of aromatic nitrogens is 1. The Morgan fingerprint density at radius 2 is 1.95 bits per heavy atom. The number of carbonyl (C=O) groups is 1. The summed E-state index contributed by atoms with van der Waals surface area (Å²) in [6, 6.07) is 10.7. The molecule has 0 saturated carbocycles. The zero-order valence-corrected chi connectivity index (χ0v) is 12.1. The normalized spacial score (nSPS) is 10.9. The van der Waals surface area contributed by atoms with E-state index in [0.717, 1.165) is 10.8 Å². The predicted molar refractivity (Wildman–Crippen MR) is 82.7 cm³/mol. The van der Waals surface area contributed by atoms with Crippen molar-refractivity contribution >= 4 is 50.9 Å². The molecule has 0 spiro atoms. The van der Waals surface area contributed by atoms with E-state index in [1.54, 1.807) is 31.3 Å². The summed E-state index contributed by atoms with van der Waals surface area (Å²) in [6.45, 7) is 0. The average Bonchev–Trinajstić information content (AvgIpc) is 2.46. The monoisotopic (exact) mass is 304 g/mol. The molecule has 1 N–H and O–H groups in total. The first-order chi connectivity index (χ1) is 9.61. The van der Waals surface area contributed by atoms with Gasteiger partial charge in [-0.3, -0.25) is 4.79 Å². The molecule has 0 fully saturated rings. The molecule has 0 aliphatic carbocycles. The highest BCUT2D eigenvalue weighted by Crippen LogP contribution is 2.32. The number of hydrogen-bond donors (Lipinski definition) is 1. The average molecular weight is 305 g/mol. The van der Waals surface area contributed by atoms with E-state index in [9.17, 15) is 4.79 Å². The van der Waals surface area contributed by atoms with E-state index < -0.39 is 0 Å². The Balaban J connectivity index is 2.47. The lowest BCUT2D eigenvalue weighted by atomic mass is 10.1. The van der Waals surface area contributed by atoms with Crippen molar-refractivity contribution in [2.45, 2.75) is 0 Å². The Morgan fingerprint density at radius 3 is 2.70 bits per heavy atom. The van der Waals surface area contributed by atoms with E-state index in [2.05, 4.69) is 10.3 Å². The summed E-state index contributed by atoms with van der Waals surface area (Å²) in [5.74, 6) is -0.194. The highest BCUT2D eigenvalue weighted by Gasteiger charge is 2.14. The molecule has 5 heteroatoms. The molecule has 1 heterocycles. The van der Waals surface area contributed by atoms with Gasteiger partial charge < -0.3 is 5.32 Å². The van der Waals surface area contributed by atoms with Crippen molar-refractivity contribution < 1.29 is 4.79 Å². The molecule has 3 rings (SSSR count). The van der Waals surface area contributed by atoms with Crippen LogP contribution >= 0.6 is 23.2 Å². The minimum atomic E-state index is -0.194. The van der Waals surface area contributed by atoms with Crippen molar-refractivity contribution in [1.29, 1.82) is 0 Å². The molecule has 2 aromatic carbocycles. The summed E-state index contributed by atoms with van der Waals surface area (Å²) in [5, 5.41) is 5.33. The van der Waals surface area contributed by atoms with Gasteiger partial charge in [0.2, 0.25) is 0 Å². The van der Waals surface area contributed by atoms with Crippen molar-refractivity contribution in [3.63, 3.8) is 0 Å². The van der Waals surface area contributed by atoms with Gasteiger partial charge >= 0.3 is 0 Å². The highest BCUT2D eigenvalue weighted by molar-refractivity contribution is 6.41. The van der Waals surface area contributed by atoms with E-state index >= 15 is 0 Å². The Bertz CT molecular complexity index is 846. The summed E-state index contributed by atoms with van der Waals surface area (Å²) in [5.41, 5.74) is 1.74. The summed E-state index contributed by atoms with van der Waals surface area (Å²) in [7, 11) is 1.58. The smallest absolute Gasteiger partial charge is 0.253 e. The van der Waals surface area contributed by atoms with Crippen molar-refractivity contribution in [2.75, 3.05) is 7.05 Å². The summed E-state index contributed by atoms with van der Waals surface area (Å²) < 4.78 is 0. The van der Waals surface area contributed by atoms with Gasteiger partial charge in [0.05, 0.1) is 21.6 Å². The fraction of sp³-hybridized carbons (Fsp3) is 0.0667. The largest absolute Gasteiger partial charge is 0.355 e. The van der Waals surface area contributed by atoms with Crippen molar-refractivity contribution in [2.24, 2.45) is 0 Å². The summed E-state index contributed by atoms with van der Waals surface area (Å²) >= 11 is 12.4.